The number of methoxy groups -OCH3 is 1. The van der Waals surface area contributed by atoms with Gasteiger partial charge in [-0.1, -0.05) is 65.4 Å². The highest BCUT2D eigenvalue weighted by Gasteiger charge is 2.25. The van der Waals surface area contributed by atoms with E-state index < -0.39 is 5.91 Å². The molecule has 12 nitrogen and oxygen atoms in total. The summed E-state index contributed by atoms with van der Waals surface area (Å²) in [7, 11) is 1.56. The van der Waals surface area contributed by atoms with Crippen LogP contribution < -0.4 is 20.6 Å². The molecule has 5 aromatic rings. The van der Waals surface area contributed by atoms with Gasteiger partial charge >= 0.3 is 0 Å². The first-order valence-corrected chi connectivity index (χ1v) is 11.8. The monoisotopic (exact) mass is 524 g/mol. The van der Waals surface area contributed by atoms with E-state index in [4.69, 9.17) is 15.2 Å². The number of nitrogens with one attached hydrogen (secondary N) is 1. The Morgan fingerprint density at radius 2 is 1.87 bits per heavy atom. The zero-order chi connectivity index (χ0) is 27.2. The minimum atomic E-state index is -0.595. The summed E-state index contributed by atoms with van der Waals surface area (Å²) < 4.78 is 17.2. The number of hydrogen-bond acceptors (Lipinski definition) is 10. The van der Waals surface area contributed by atoms with Gasteiger partial charge in [-0.05, 0) is 46.6 Å². The Morgan fingerprint density at radius 1 is 1.08 bits per heavy atom. The Labute approximate surface area is 223 Å². The number of aryl methyl sites for hydroxylation is 1. The number of aromatic nitrogens is 5. The number of benzene rings is 3. The highest BCUT2D eigenvalue weighted by molar-refractivity contribution is 5.99. The molecule has 0 aliphatic rings. The van der Waals surface area contributed by atoms with Crippen LogP contribution in [0.1, 0.15) is 27.2 Å². The second-order valence-corrected chi connectivity index (χ2v) is 8.42. The molecule has 3 aromatic carbocycles. The van der Waals surface area contributed by atoms with Crippen LogP contribution in [0.2, 0.25) is 0 Å². The fraction of sp³-hybridized carbons (Fsp3) is 0.111. The molecule has 39 heavy (non-hydrogen) atoms. The van der Waals surface area contributed by atoms with Crippen LogP contribution in [0.5, 0.6) is 11.5 Å². The average molecular weight is 525 g/mol. The van der Waals surface area contributed by atoms with Gasteiger partial charge in [0.25, 0.3) is 5.91 Å². The minimum Gasteiger partial charge on any atom is -0.493 e. The minimum absolute atomic E-state index is 0.0322. The van der Waals surface area contributed by atoms with Crippen molar-refractivity contribution < 1.29 is 18.9 Å². The number of hydrazone groups is 1. The molecule has 0 fully saturated rings. The van der Waals surface area contributed by atoms with Gasteiger partial charge in [0.15, 0.2) is 17.2 Å². The van der Waals surface area contributed by atoms with Crippen molar-refractivity contribution >= 4 is 17.9 Å². The van der Waals surface area contributed by atoms with E-state index in [-0.39, 0.29) is 17.3 Å². The van der Waals surface area contributed by atoms with Crippen molar-refractivity contribution in [3.63, 3.8) is 0 Å². The SMILES string of the molecule is COc1cc(/C=N/NC(=O)c2c(-c3ccccc3)nnn2-c2nonc2N)ccc1OCc1ccc(C)cc1. The normalized spacial score (nSPS) is 11.0. The molecule has 196 valence electrons. The molecule has 3 N–H and O–H groups in total. The van der Waals surface area contributed by atoms with E-state index in [0.29, 0.717) is 34.9 Å². The highest BCUT2D eigenvalue weighted by Crippen LogP contribution is 2.28. The van der Waals surface area contributed by atoms with Crippen LogP contribution in [0.15, 0.2) is 82.5 Å². The Bertz CT molecular complexity index is 1610. The van der Waals surface area contributed by atoms with Crippen LogP contribution in [0.4, 0.5) is 5.82 Å². The van der Waals surface area contributed by atoms with Gasteiger partial charge in [0.05, 0.1) is 13.3 Å². The lowest BCUT2D eigenvalue weighted by Gasteiger charge is -2.11. The van der Waals surface area contributed by atoms with E-state index in [0.717, 1.165) is 10.2 Å². The Hall–Kier alpha value is -5.52. The van der Waals surface area contributed by atoms with Gasteiger partial charge in [-0.15, -0.1) is 5.10 Å². The summed E-state index contributed by atoms with van der Waals surface area (Å²) in [6, 6.07) is 22.5. The maximum Gasteiger partial charge on any atom is 0.292 e. The van der Waals surface area contributed by atoms with Crippen LogP contribution in [0.3, 0.4) is 0 Å². The number of anilines is 1. The van der Waals surface area contributed by atoms with Crippen molar-refractivity contribution in [1.29, 1.82) is 0 Å². The van der Waals surface area contributed by atoms with Crippen LogP contribution >= 0.6 is 0 Å². The molecule has 2 heterocycles. The summed E-state index contributed by atoms with van der Waals surface area (Å²) >= 11 is 0. The third kappa shape index (κ3) is 5.59. The van der Waals surface area contributed by atoms with Crippen molar-refractivity contribution in [3.05, 3.63) is 95.2 Å². The van der Waals surface area contributed by atoms with Crippen molar-refractivity contribution in [2.45, 2.75) is 13.5 Å². The molecule has 5 rings (SSSR count). The van der Waals surface area contributed by atoms with Gasteiger partial charge in [-0.3, -0.25) is 4.79 Å². The highest BCUT2D eigenvalue weighted by atomic mass is 16.6. The molecule has 12 heteroatoms. The van der Waals surface area contributed by atoms with E-state index in [1.165, 1.54) is 11.8 Å². The largest absolute Gasteiger partial charge is 0.493 e. The molecule has 0 saturated heterocycles. The predicted molar refractivity (Wildman–Crippen MR) is 143 cm³/mol. The number of carbonyl (C=O) groups is 1. The lowest BCUT2D eigenvalue weighted by atomic mass is 10.1. The third-order valence-electron chi connectivity index (χ3n) is 5.71. The Kier molecular flexibility index (Phi) is 7.26. The Morgan fingerprint density at radius 3 is 2.59 bits per heavy atom. The topological polar surface area (TPSA) is 156 Å². The number of amides is 1. The first-order chi connectivity index (χ1) is 19.0. The number of hydrogen-bond donors (Lipinski definition) is 2. The molecule has 2 aromatic heterocycles. The number of ether oxygens (including phenoxy) is 2. The summed E-state index contributed by atoms with van der Waals surface area (Å²) in [5, 5.41) is 19.6. The standard InChI is InChI=1S/C27H24N8O4/c1-17-8-10-18(11-9-17)16-38-21-13-12-19(14-22(21)37-2)15-29-31-27(36)24-23(20-6-4-3-5-7-20)30-34-35(24)26-25(28)32-39-33-26/h3-15H,16H2,1-2H3,(H2,28,32)(H,31,36)/b29-15+. The number of nitrogens with two attached hydrogens (primary N) is 1. The summed E-state index contributed by atoms with van der Waals surface area (Å²) in [4.78, 5) is 13.2. The molecule has 0 aliphatic carbocycles. The van der Waals surface area contributed by atoms with Crippen LogP contribution in [0.25, 0.3) is 17.1 Å². The maximum atomic E-state index is 13.2. The molecule has 0 atom stereocenters. The van der Waals surface area contributed by atoms with Crippen molar-refractivity contribution in [1.82, 2.24) is 30.7 Å². The van der Waals surface area contributed by atoms with Gasteiger partial charge in [0, 0.05) is 5.56 Å². The zero-order valence-electron chi connectivity index (χ0n) is 21.1. The van der Waals surface area contributed by atoms with E-state index >= 15 is 0 Å². The summed E-state index contributed by atoms with van der Waals surface area (Å²) in [5.41, 5.74) is 12.3. The lowest BCUT2D eigenvalue weighted by molar-refractivity contribution is 0.0947. The molecule has 0 spiro atoms. The van der Waals surface area contributed by atoms with Crippen molar-refractivity contribution in [3.8, 4) is 28.6 Å². The third-order valence-corrected chi connectivity index (χ3v) is 5.71. The summed E-state index contributed by atoms with van der Waals surface area (Å²) in [6.45, 7) is 2.44. The predicted octanol–water partition coefficient (Wildman–Crippen LogP) is 3.56. The number of rotatable bonds is 9. The van der Waals surface area contributed by atoms with Crippen molar-refractivity contribution in [2.75, 3.05) is 12.8 Å². The number of nitrogens with zero attached hydrogens (tertiary/aromatic N) is 6. The quantitative estimate of drug-likeness (QED) is 0.217. The second-order valence-electron chi connectivity index (χ2n) is 8.42. The smallest absolute Gasteiger partial charge is 0.292 e. The van der Waals surface area contributed by atoms with Gasteiger partial charge in [-0.25, -0.2) is 10.1 Å². The van der Waals surface area contributed by atoms with E-state index in [9.17, 15) is 4.79 Å². The summed E-state index contributed by atoms with van der Waals surface area (Å²) in [5.74, 6) is 0.502. The fourth-order valence-corrected chi connectivity index (χ4v) is 3.71. The fourth-order valence-electron chi connectivity index (χ4n) is 3.71. The first kappa shape index (κ1) is 25.1. The van der Waals surface area contributed by atoms with Gasteiger partial charge < -0.3 is 15.2 Å². The van der Waals surface area contributed by atoms with Crippen LogP contribution in [-0.2, 0) is 6.61 Å². The van der Waals surface area contributed by atoms with Gasteiger partial charge in [0.2, 0.25) is 11.6 Å². The van der Waals surface area contributed by atoms with E-state index in [2.05, 4.69) is 35.8 Å². The summed E-state index contributed by atoms with van der Waals surface area (Å²) in [6.07, 6.45) is 1.48. The molecule has 0 bridgehead atoms. The first-order valence-electron chi connectivity index (χ1n) is 11.8. The molecule has 1 amide bonds. The number of carbonyl (C=O) groups excluding carboxylic acids is 1. The average Bonchev–Trinajstić information content (AvgIpc) is 3.59. The molecular formula is C27H24N8O4. The Balaban J connectivity index is 1.33. The van der Waals surface area contributed by atoms with E-state index in [1.54, 1.807) is 37.4 Å². The lowest BCUT2D eigenvalue weighted by Crippen LogP contribution is -2.22. The van der Waals surface area contributed by atoms with Crippen LogP contribution in [0, 0.1) is 6.92 Å². The molecular weight excluding hydrogens is 500 g/mol. The second kappa shape index (κ2) is 11.3. The number of nitrogen functional groups attached to an aromatic ring is 1. The molecule has 0 saturated carbocycles. The molecule has 0 radical (unpaired) electrons. The zero-order valence-corrected chi connectivity index (χ0v) is 21.1. The maximum absolute atomic E-state index is 13.2. The molecule has 0 aliphatic heterocycles. The van der Waals surface area contributed by atoms with Gasteiger partial charge in [-0.2, -0.15) is 9.78 Å². The van der Waals surface area contributed by atoms with Crippen LogP contribution in [-0.4, -0.2) is 44.5 Å². The van der Waals surface area contributed by atoms with Gasteiger partial charge in [0.1, 0.15) is 12.3 Å². The van der Waals surface area contributed by atoms with Crippen molar-refractivity contribution in [2.24, 2.45) is 5.10 Å². The van der Waals surface area contributed by atoms with E-state index in [1.807, 2.05) is 49.4 Å². The molecule has 0 unspecified atom stereocenters.